The summed E-state index contributed by atoms with van der Waals surface area (Å²) in [6.07, 6.45) is 10.6. The minimum Gasteiger partial charge on any atom is -0.381 e. The molecule has 0 bridgehead atoms. The van der Waals surface area contributed by atoms with Crippen molar-refractivity contribution < 1.29 is 9.53 Å². The first-order valence-corrected chi connectivity index (χ1v) is 9.84. The number of carbonyl (C=O) groups excluding carboxylic acids is 1. The molecule has 1 saturated carbocycles. The molecule has 0 aromatic rings. The van der Waals surface area contributed by atoms with E-state index in [4.69, 9.17) is 4.74 Å². The molecule has 0 N–H and O–H groups in total. The molecular formula is C19H34N2O2. The highest BCUT2D eigenvalue weighted by Gasteiger charge is 2.41. The van der Waals surface area contributed by atoms with Crippen LogP contribution in [0.1, 0.15) is 64.7 Å². The summed E-state index contributed by atoms with van der Waals surface area (Å²) in [5, 5.41) is 0. The van der Waals surface area contributed by atoms with Gasteiger partial charge in [-0.05, 0) is 44.6 Å². The fourth-order valence-electron chi connectivity index (χ4n) is 4.92. The van der Waals surface area contributed by atoms with Gasteiger partial charge in [-0.3, -0.25) is 9.69 Å². The number of hydrogen-bond acceptors (Lipinski definition) is 3. The van der Waals surface area contributed by atoms with Crippen LogP contribution in [0.5, 0.6) is 0 Å². The highest BCUT2D eigenvalue weighted by molar-refractivity contribution is 5.76. The summed E-state index contributed by atoms with van der Waals surface area (Å²) in [5.41, 5.74) is 0.172. The molecule has 3 aliphatic rings. The van der Waals surface area contributed by atoms with E-state index in [2.05, 4.69) is 16.7 Å². The zero-order valence-electron chi connectivity index (χ0n) is 14.9. The first-order valence-electron chi connectivity index (χ1n) is 9.84. The Labute approximate surface area is 141 Å². The van der Waals surface area contributed by atoms with Gasteiger partial charge in [-0.25, -0.2) is 0 Å². The van der Waals surface area contributed by atoms with Crippen molar-refractivity contribution in [2.24, 2.45) is 5.92 Å². The first-order chi connectivity index (χ1) is 11.2. The van der Waals surface area contributed by atoms with E-state index < -0.39 is 0 Å². The number of rotatable bonds is 3. The van der Waals surface area contributed by atoms with Crippen molar-refractivity contribution in [3.8, 4) is 0 Å². The molecule has 2 heterocycles. The van der Waals surface area contributed by atoms with Crippen molar-refractivity contribution in [3.63, 3.8) is 0 Å². The van der Waals surface area contributed by atoms with Gasteiger partial charge in [0.15, 0.2) is 0 Å². The number of likely N-dealkylation sites (N-methyl/N-ethyl adjacent to an activating group) is 1. The highest BCUT2D eigenvalue weighted by Crippen LogP contribution is 2.33. The maximum absolute atomic E-state index is 12.9. The predicted octanol–water partition coefficient (Wildman–Crippen LogP) is 3.06. The number of amides is 1. The lowest BCUT2D eigenvalue weighted by atomic mass is 9.85. The maximum Gasteiger partial charge on any atom is 0.222 e. The van der Waals surface area contributed by atoms with Crippen LogP contribution in [0, 0.1) is 5.92 Å². The van der Waals surface area contributed by atoms with Crippen molar-refractivity contribution >= 4 is 5.91 Å². The van der Waals surface area contributed by atoms with Crippen LogP contribution in [-0.4, -0.2) is 60.6 Å². The number of hydrogen-bond donors (Lipinski definition) is 0. The molecule has 2 saturated heterocycles. The van der Waals surface area contributed by atoms with Gasteiger partial charge < -0.3 is 9.64 Å². The molecule has 132 valence electrons. The van der Waals surface area contributed by atoms with E-state index in [9.17, 15) is 4.79 Å². The molecular weight excluding hydrogens is 288 g/mol. The summed E-state index contributed by atoms with van der Waals surface area (Å²) < 4.78 is 5.62. The van der Waals surface area contributed by atoms with E-state index in [1.807, 2.05) is 0 Å². The lowest BCUT2D eigenvalue weighted by Gasteiger charge is -2.46. The third kappa shape index (κ3) is 4.08. The van der Waals surface area contributed by atoms with Gasteiger partial charge in [0.1, 0.15) is 0 Å². The summed E-state index contributed by atoms with van der Waals surface area (Å²) in [5.74, 6) is 1.06. The van der Waals surface area contributed by atoms with Crippen molar-refractivity contribution in [1.29, 1.82) is 0 Å². The van der Waals surface area contributed by atoms with E-state index in [1.54, 1.807) is 0 Å². The zero-order chi connectivity index (χ0) is 16.1. The fraction of sp³-hybridized carbons (Fsp3) is 0.947. The van der Waals surface area contributed by atoms with Crippen molar-refractivity contribution in [3.05, 3.63) is 0 Å². The Balaban J connectivity index is 1.65. The van der Waals surface area contributed by atoms with Gasteiger partial charge in [0, 0.05) is 44.8 Å². The van der Waals surface area contributed by atoms with Gasteiger partial charge in [0.05, 0.1) is 0 Å². The average molecular weight is 322 g/mol. The Kier molecular flexibility index (Phi) is 5.97. The standard InChI is InChI=1S/C19H34N2O2/c1-2-21-12-6-11-20(16-19(21)9-13-23-14-10-19)18(22)15-17-7-4-3-5-8-17/h17H,2-16H2,1H3. The first kappa shape index (κ1) is 17.2. The summed E-state index contributed by atoms with van der Waals surface area (Å²) >= 11 is 0. The molecule has 0 unspecified atom stereocenters. The molecule has 1 amide bonds. The molecule has 0 radical (unpaired) electrons. The lowest BCUT2D eigenvalue weighted by molar-refractivity contribution is -0.135. The lowest BCUT2D eigenvalue weighted by Crippen LogP contribution is -2.57. The highest BCUT2D eigenvalue weighted by atomic mass is 16.5. The van der Waals surface area contributed by atoms with Crippen LogP contribution >= 0.6 is 0 Å². The molecule has 1 spiro atoms. The van der Waals surface area contributed by atoms with Crippen LogP contribution < -0.4 is 0 Å². The molecule has 4 heteroatoms. The Morgan fingerprint density at radius 1 is 1.09 bits per heavy atom. The van der Waals surface area contributed by atoms with Crippen molar-refractivity contribution in [1.82, 2.24) is 9.80 Å². The largest absolute Gasteiger partial charge is 0.381 e. The van der Waals surface area contributed by atoms with Crippen LogP contribution in [0.3, 0.4) is 0 Å². The number of carbonyl (C=O) groups is 1. The molecule has 3 rings (SSSR count). The van der Waals surface area contributed by atoms with Crippen LogP contribution in [0.2, 0.25) is 0 Å². The molecule has 23 heavy (non-hydrogen) atoms. The van der Waals surface area contributed by atoms with E-state index in [1.165, 1.54) is 32.1 Å². The third-order valence-electron chi connectivity index (χ3n) is 6.36. The maximum atomic E-state index is 12.9. The van der Waals surface area contributed by atoms with Crippen molar-refractivity contribution in [2.45, 2.75) is 70.3 Å². The number of nitrogens with zero attached hydrogens (tertiary/aromatic N) is 2. The molecule has 1 aliphatic carbocycles. The quantitative estimate of drug-likeness (QED) is 0.800. The van der Waals surface area contributed by atoms with Gasteiger partial charge in [0.25, 0.3) is 0 Å². The van der Waals surface area contributed by atoms with E-state index in [-0.39, 0.29) is 5.54 Å². The van der Waals surface area contributed by atoms with Crippen LogP contribution in [0.15, 0.2) is 0 Å². The molecule has 0 atom stereocenters. The van der Waals surface area contributed by atoms with E-state index in [0.717, 1.165) is 65.1 Å². The minimum absolute atomic E-state index is 0.172. The molecule has 0 aromatic carbocycles. The van der Waals surface area contributed by atoms with Gasteiger partial charge in [-0.1, -0.05) is 26.2 Å². The summed E-state index contributed by atoms with van der Waals surface area (Å²) in [6.45, 7) is 8.05. The van der Waals surface area contributed by atoms with Crippen LogP contribution in [0.25, 0.3) is 0 Å². The van der Waals surface area contributed by atoms with Gasteiger partial charge in [0.2, 0.25) is 5.91 Å². The second-order valence-electron chi connectivity index (χ2n) is 7.79. The minimum atomic E-state index is 0.172. The second kappa shape index (κ2) is 7.98. The third-order valence-corrected chi connectivity index (χ3v) is 6.36. The molecule has 2 aliphatic heterocycles. The van der Waals surface area contributed by atoms with E-state index in [0.29, 0.717) is 11.8 Å². The van der Waals surface area contributed by atoms with Crippen LogP contribution in [0.4, 0.5) is 0 Å². The molecule has 3 fully saturated rings. The summed E-state index contributed by atoms with van der Waals surface area (Å²) in [4.78, 5) is 17.7. The van der Waals surface area contributed by atoms with Gasteiger partial charge in [-0.15, -0.1) is 0 Å². The van der Waals surface area contributed by atoms with Crippen LogP contribution in [-0.2, 0) is 9.53 Å². The van der Waals surface area contributed by atoms with E-state index >= 15 is 0 Å². The van der Waals surface area contributed by atoms with Gasteiger partial charge >= 0.3 is 0 Å². The van der Waals surface area contributed by atoms with Crippen molar-refractivity contribution in [2.75, 3.05) is 39.4 Å². The average Bonchev–Trinajstić information content (AvgIpc) is 2.76. The molecule has 4 nitrogen and oxygen atoms in total. The Morgan fingerprint density at radius 2 is 1.83 bits per heavy atom. The Hall–Kier alpha value is -0.610. The topological polar surface area (TPSA) is 32.8 Å². The SMILES string of the molecule is CCN1CCCN(C(=O)CC2CCCCC2)CC12CCOCC2. The zero-order valence-corrected chi connectivity index (χ0v) is 14.9. The second-order valence-corrected chi connectivity index (χ2v) is 7.79. The Morgan fingerprint density at radius 3 is 2.52 bits per heavy atom. The monoisotopic (exact) mass is 322 g/mol. The predicted molar refractivity (Wildman–Crippen MR) is 92.4 cm³/mol. The summed E-state index contributed by atoms with van der Waals surface area (Å²) in [6, 6.07) is 0. The Bertz CT molecular complexity index is 387. The normalized spacial score (nSPS) is 27.1. The molecule has 0 aromatic heterocycles. The fourth-order valence-corrected chi connectivity index (χ4v) is 4.92. The number of ether oxygens (including phenoxy) is 1. The summed E-state index contributed by atoms with van der Waals surface area (Å²) in [7, 11) is 0. The smallest absolute Gasteiger partial charge is 0.222 e. The van der Waals surface area contributed by atoms with Gasteiger partial charge in [-0.2, -0.15) is 0 Å².